The first-order chi connectivity index (χ1) is 4.91. The number of rotatable bonds is 7. The van der Waals surface area contributed by atoms with Crippen molar-refractivity contribution in [3.8, 4) is 0 Å². The summed E-state index contributed by atoms with van der Waals surface area (Å²) in [4.78, 5) is 0. The monoisotopic (exact) mass is 180 g/mol. The number of ether oxygens (including phenoxy) is 1. The van der Waals surface area contributed by atoms with Gasteiger partial charge in [-0.25, -0.2) is 0 Å². The van der Waals surface area contributed by atoms with Crippen LogP contribution in [0.15, 0.2) is 0 Å². The van der Waals surface area contributed by atoms with Crippen LogP contribution in [0.3, 0.4) is 0 Å². The maximum atomic E-state index is 4.91. The number of thiol groups is 1. The smallest absolute Gasteiger partial charge is 0.0552 e. The molecule has 0 aliphatic rings. The molecule has 0 bridgehead atoms. The fraction of sp³-hybridized carbons (Fsp3) is 1.00. The van der Waals surface area contributed by atoms with E-state index in [1.807, 2.05) is 11.8 Å². The van der Waals surface area contributed by atoms with Gasteiger partial charge in [-0.15, -0.1) is 0 Å². The molecule has 1 nitrogen and oxygen atoms in total. The highest BCUT2D eigenvalue weighted by Gasteiger charge is 1.87. The Hall–Kier alpha value is 0.660. The minimum Gasteiger partial charge on any atom is -0.384 e. The fourth-order valence-electron chi connectivity index (χ4n) is 0.560. The van der Waals surface area contributed by atoms with E-state index in [1.54, 1.807) is 7.11 Å². The molecule has 0 aliphatic heterocycles. The molecule has 3 heteroatoms. The van der Waals surface area contributed by atoms with Crippen molar-refractivity contribution < 1.29 is 4.74 Å². The van der Waals surface area contributed by atoms with Gasteiger partial charge in [0.1, 0.15) is 0 Å². The van der Waals surface area contributed by atoms with E-state index in [9.17, 15) is 0 Å². The van der Waals surface area contributed by atoms with E-state index < -0.39 is 0 Å². The minimum absolute atomic E-state index is 0.880. The van der Waals surface area contributed by atoms with Gasteiger partial charge in [0.05, 0.1) is 6.61 Å². The number of hydrogen-bond donors (Lipinski definition) is 1. The molecule has 0 atom stereocenters. The Morgan fingerprint density at radius 1 is 1.30 bits per heavy atom. The Kier molecular flexibility index (Phi) is 10.3. The summed E-state index contributed by atoms with van der Waals surface area (Å²) in [5.74, 6) is 3.40. The Morgan fingerprint density at radius 3 is 2.70 bits per heavy atom. The number of hydrogen-bond acceptors (Lipinski definition) is 3. The molecule has 62 valence electrons. The molecule has 0 aromatic rings. The first-order valence-corrected chi connectivity index (χ1v) is 5.38. The molecule has 0 amide bonds. The highest BCUT2D eigenvalue weighted by atomic mass is 32.2. The fourth-order valence-corrected chi connectivity index (χ4v) is 1.68. The van der Waals surface area contributed by atoms with E-state index in [2.05, 4.69) is 12.6 Å². The second kappa shape index (κ2) is 9.66. The van der Waals surface area contributed by atoms with Crippen LogP contribution in [0, 0.1) is 0 Å². The third kappa shape index (κ3) is 8.66. The molecule has 0 unspecified atom stereocenters. The van der Waals surface area contributed by atoms with Crippen LogP contribution < -0.4 is 0 Å². The molecule has 0 aromatic heterocycles. The van der Waals surface area contributed by atoms with Crippen LogP contribution in [0.4, 0.5) is 0 Å². The van der Waals surface area contributed by atoms with Gasteiger partial charge < -0.3 is 4.74 Å². The predicted octanol–water partition coefficient (Wildman–Crippen LogP) is 2.08. The van der Waals surface area contributed by atoms with Gasteiger partial charge in [0, 0.05) is 12.9 Å². The summed E-state index contributed by atoms with van der Waals surface area (Å²) in [5, 5.41) is 0. The van der Waals surface area contributed by atoms with Gasteiger partial charge in [-0.05, 0) is 24.3 Å². The van der Waals surface area contributed by atoms with Crippen LogP contribution >= 0.6 is 24.4 Å². The zero-order valence-electron chi connectivity index (χ0n) is 6.51. The highest BCUT2D eigenvalue weighted by Crippen LogP contribution is 2.04. The van der Waals surface area contributed by atoms with E-state index >= 15 is 0 Å². The van der Waals surface area contributed by atoms with Crippen LogP contribution in [0.25, 0.3) is 0 Å². The molecular formula is C7H16OS2. The third-order valence-corrected chi connectivity index (χ3v) is 2.48. The first-order valence-electron chi connectivity index (χ1n) is 3.59. The molecule has 0 aromatic carbocycles. The molecule has 10 heavy (non-hydrogen) atoms. The Labute approximate surface area is 73.3 Å². The summed E-state index contributed by atoms with van der Waals surface area (Å²) >= 11 is 6.09. The van der Waals surface area contributed by atoms with E-state index in [1.165, 1.54) is 18.6 Å². The van der Waals surface area contributed by atoms with Gasteiger partial charge in [0.15, 0.2) is 0 Å². The van der Waals surface area contributed by atoms with Gasteiger partial charge in [-0.1, -0.05) is 0 Å². The molecule has 0 fully saturated rings. The highest BCUT2D eigenvalue weighted by molar-refractivity contribution is 7.99. The normalized spacial score (nSPS) is 10.2. The van der Waals surface area contributed by atoms with Crippen LogP contribution in [0.1, 0.15) is 12.8 Å². The second-order valence-electron chi connectivity index (χ2n) is 2.04. The van der Waals surface area contributed by atoms with Crippen molar-refractivity contribution in [1.82, 2.24) is 0 Å². The Bertz CT molecular complexity index is 51.6. The molecule has 0 N–H and O–H groups in total. The van der Waals surface area contributed by atoms with Crippen LogP contribution in [-0.4, -0.2) is 31.0 Å². The Balaban J connectivity index is 2.65. The quantitative estimate of drug-likeness (QED) is 0.474. The van der Waals surface area contributed by atoms with E-state index in [-0.39, 0.29) is 0 Å². The van der Waals surface area contributed by atoms with E-state index in [0.29, 0.717) is 0 Å². The summed E-state index contributed by atoms with van der Waals surface area (Å²) in [7, 11) is 1.74. The summed E-state index contributed by atoms with van der Waals surface area (Å²) in [6.07, 6.45) is 2.53. The summed E-state index contributed by atoms with van der Waals surface area (Å²) in [6, 6.07) is 0. The maximum absolute atomic E-state index is 4.91. The van der Waals surface area contributed by atoms with Gasteiger partial charge >= 0.3 is 0 Å². The standard InChI is InChI=1S/C7H16OS2/c1-8-4-7-10-6-3-2-5-9/h9H,2-7H2,1H3. The van der Waals surface area contributed by atoms with Crippen molar-refractivity contribution >= 4 is 24.4 Å². The molecule has 0 saturated heterocycles. The zero-order chi connectivity index (χ0) is 7.66. The van der Waals surface area contributed by atoms with Crippen LogP contribution in [0.5, 0.6) is 0 Å². The lowest BCUT2D eigenvalue weighted by atomic mass is 10.4. The average molecular weight is 180 g/mol. The lowest BCUT2D eigenvalue weighted by Crippen LogP contribution is -1.92. The molecule has 0 spiro atoms. The average Bonchev–Trinajstić information content (AvgIpc) is 1.97. The van der Waals surface area contributed by atoms with E-state index in [4.69, 9.17) is 4.74 Å². The molecule has 0 heterocycles. The van der Waals surface area contributed by atoms with Gasteiger partial charge in [-0.2, -0.15) is 24.4 Å². The summed E-state index contributed by atoms with van der Waals surface area (Å²) in [5.41, 5.74) is 0. The van der Waals surface area contributed by atoms with Gasteiger partial charge in [-0.3, -0.25) is 0 Å². The second-order valence-corrected chi connectivity index (χ2v) is 3.71. The molecule has 0 aliphatic carbocycles. The van der Waals surface area contributed by atoms with Crippen molar-refractivity contribution in [3.63, 3.8) is 0 Å². The van der Waals surface area contributed by atoms with E-state index in [0.717, 1.165) is 18.1 Å². The zero-order valence-corrected chi connectivity index (χ0v) is 8.22. The topological polar surface area (TPSA) is 9.23 Å². The van der Waals surface area contributed by atoms with Crippen molar-refractivity contribution in [1.29, 1.82) is 0 Å². The van der Waals surface area contributed by atoms with Crippen LogP contribution in [0.2, 0.25) is 0 Å². The number of unbranched alkanes of at least 4 members (excludes halogenated alkanes) is 1. The molecule has 0 saturated carbocycles. The summed E-state index contributed by atoms with van der Waals surface area (Å²) < 4.78 is 4.91. The SMILES string of the molecule is COCCSCCCCS. The lowest BCUT2D eigenvalue weighted by Gasteiger charge is -1.98. The number of thioether (sulfide) groups is 1. The van der Waals surface area contributed by atoms with Gasteiger partial charge in [0.25, 0.3) is 0 Å². The molecule has 0 radical (unpaired) electrons. The van der Waals surface area contributed by atoms with Crippen molar-refractivity contribution in [2.75, 3.05) is 31.0 Å². The molecule has 0 rings (SSSR count). The lowest BCUT2D eigenvalue weighted by molar-refractivity contribution is 0.218. The Morgan fingerprint density at radius 2 is 2.10 bits per heavy atom. The minimum atomic E-state index is 0.880. The largest absolute Gasteiger partial charge is 0.384 e. The first kappa shape index (κ1) is 10.7. The number of methoxy groups -OCH3 is 1. The summed E-state index contributed by atoms with van der Waals surface area (Å²) in [6.45, 7) is 0.880. The van der Waals surface area contributed by atoms with Crippen molar-refractivity contribution in [2.45, 2.75) is 12.8 Å². The third-order valence-electron chi connectivity index (χ3n) is 1.13. The van der Waals surface area contributed by atoms with Crippen LogP contribution in [-0.2, 0) is 4.74 Å². The predicted molar refractivity (Wildman–Crippen MR) is 52.3 cm³/mol. The molecular weight excluding hydrogens is 164 g/mol. The van der Waals surface area contributed by atoms with Crippen molar-refractivity contribution in [3.05, 3.63) is 0 Å². The van der Waals surface area contributed by atoms with Gasteiger partial charge in [0.2, 0.25) is 0 Å². The maximum Gasteiger partial charge on any atom is 0.0552 e. The van der Waals surface area contributed by atoms with Crippen molar-refractivity contribution in [2.24, 2.45) is 0 Å².